The van der Waals surface area contributed by atoms with Gasteiger partial charge in [-0.15, -0.1) is 24.8 Å². The van der Waals surface area contributed by atoms with Crippen LogP contribution in [0, 0.1) is 0 Å². The third kappa shape index (κ3) is 6.43. The van der Waals surface area contributed by atoms with Gasteiger partial charge < -0.3 is 20.9 Å². The fourth-order valence-corrected chi connectivity index (χ4v) is 2.79. The molecular weight excluding hydrogens is 375 g/mol. The fourth-order valence-electron chi connectivity index (χ4n) is 2.79. The fraction of sp³-hybridized carbons (Fsp3) is 0.556. The number of carbonyl (C=O) groups excluding carboxylic acids is 2. The van der Waals surface area contributed by atoms with Crippen LogP contribution in [-0.2, 0) is 4.79 Å². The SMILES string of the molecule is CCCC(C)(N)C(=O)Nc1ccc(C(=O)N2CCN(C)CC2)cc1.Cl.Cl. The number of hydrogen-bond donors (Lipinski definition) is 2. The van der Waals surface area contributed by atoms with Crippen LogP contribution in [0.1, 0.15) is 37.0 Å². The number of rotatable bonds is 5. The molecule has 0 spiro atoms. The third-order valence-electron chi connectivity index (χ3n) is 4.47. The van der Waals surface area contributed by atoms with Gasteiger partial charge in [0.05, 0.1) is 5.54 Å². The van der Waals surface area contributed by atoms with Gasteiger partial charge in [-0.3, -0.25) is 9.59 Å². The summed E-state index contributed by atoms with van der Waals surface area (Å²) in [5.74, 6) is -0.168. The second kappa shape index (κ2) is 10.7. The van der Waals surface area contributed by atoms with Crippen LogP contribution in [0.15, 0.2) is 24.3 Å². The molecule has 1 aromatic carbocycles. The van der Waals surface area contributed by atoms with Crippen molar-refractivity contribution < 1.29 is 9.59 Å². The van der Waals surface area contributed by atoms with Crippen LogP contribution in [0.2, 0.25) is 0 Å². The van der Waals surface area contributed by atoms with Gasteiger partial charge in [0.15, 0.2) is 0 Å². The summed E-state index contributed by atoms with van der Waals surface area (Å²) in [6.45, 7) is 7.01. The van der Waals surface area contributed by atoms with Crippen LogP contribution in [0.4, 0.5) is 5.69 Å². The van der Waals surface area contributed by atoms with Gasteiger partial charge in [-0.1, -0.05) is 13.3 Å². The molecule has 0 bridgehead atoms. The second-order valence-electron chi connectivity index (χ2n) is 6.79. The highest BCUT2D eigenvalue weighted by atomic mass is 35.5. The Labute approximate surface area is 168 Å². The zero-order valence-corrected chi connectivity index (χ0v) is 17.3. The molecule has 1 aliphatic rings. The highest BCUT2D eigenvalue weighted by Gasteiger charge is 2.27. The highest BCUT2D eigenvalue weighted by molar-refractivity contribution is 5.99. The lowest BCUT2D eigenvalue weighted by Gasteiger charge is -2.32. The number of hydrogen-bond acceptors (Lipinski definition) is 4. The average molecular weight is 405 g/mol. The van der Waals surface area contributed by atoms with Crippen LogP contribution in [0.3, 0.4) is 0 Å². The Kier molecular flexibility index (Phi) is 10.2. The summed E-state index contributed by atoms with van der Waals surface area (Å²) in [5, 5.41) is 2.82. The zero-order chi connectivity index (χ0) is 17.7. The number of nitrogens with two attached hydrogens (primary N) is 1. The van der Waals surface area contributed by atoms with Crippen LogP contribution in [-0.4, -0.2) is 60.4 Å². The van der Waals surface area contributed by atoms with Crippen molar-refractivity contribution in [3.05, 3.63) is 29.8 Å². The molecule has 2 amide bonds. The van der Waals surface area contributed by atoms with Crippen molar-refractivity contribution in [1.29, 1.82) is 0 Å². The number of likely N-dealkylation sites (N-methyl/N-ethyl adjacent to an activating group) is 1. The van der Waals surface area contributed by atoms with Crippen molar-refractivity contribution >= 4 is 42.3 Å². The molecule has 0 radical (unpaired) electrons. The zero-order valence-electron chi connectivity index (χ0n) is 15.7. The van der Waals surface area contributed by atoms with Gasteiger partial charge in [-0.2, -0.15) is 0 Å². The number of amides is 2. The molecule has 0 aromatic heterocycles. The summed E-state index contributed by atoms with van der Waals surface area (Å²) in [6.07, 6.45) is 1.47. The molecule has 1 heterocycles. The van der Waals surface area contributed by atoms with Crippen molar-refractivity contribution in [3.63, 3.8) is 0 Å². The normalized spacial score (nSPS) is 16.7. The lowest BCUT2D eigenvalue weighted by atomic mass is 9.96. The highest BCUT2D eigenvalue weighted by Crippen LogP contribution is 2.16. The maximum Gasteiger partial charge on any atom is 0.253 e. The standard InChI is InChI=1S/C18H28N4O2.2ClH/c1-4-9-18(2,19)17(24)20-15-7-5-14(6-8-15)16(23)22-12-10-21(3)11-13-22;;/h5-8H,4,9-13,19H2,1-3H3,(H,20,24);2*1H. The number of halogens is 2. The molecule has 1 aromatic rings. The van der Waals surface area contributed by atoms with E-state index in [1.807, 2.05) is 11.8 Å². The molecule has 2 rings (SSSR count). The average Bonchev–Trinajstić information content (AvgIpc) is 2.55. The van der Waals surface area contributed by atoms with Gasteiger partial charge in [-0.05, 0) is 44.7 Å². The van der Waals surface area contributed by atoms with Crippen LogP contribution >= 0.6 is 24.8 Å². The summed E-state index contributed by atoms with van der Waals surface area (Å²) < 4.78 is 0. The first kappa shape index (κ1) is 24.7. The van der Waals surface area contributed by atoms with E-state index >= 15 is 0 Å². The maximum absolute atomic E-state index is 12.5. The third-order valence-corrected chi connectivity index (χ3v) is 4.47. The molecule has 26 heavy (non-hydrogen) atoms. The van der Waals surface area contributed by atoms with Crippen molar-refractivity contribution in [3.8, 4) is 0 Å². The van der Waals surface area contributed by atoms with E-state index in [1.54, 1.807) is 31.2 Å². The monoisotopic (exact) mass is 404 g/mol. The Morgan fingerprint density at radius 2 is 1.65 bits per heavy atom. The first-order valence-corrected chi connectivity index (χ1v) is 8.51. The van der Waals surface area contributed by atoms with Gasteiger partial charge in [0.25, 0.3) is 5.91 Å². The number of anilines is 1. The van der Waals surface area contributed by atoms with E-state index < -0.39 is 5.54 Å². The van der Waals surface area contributed by atoms with Crippen molar-refractivity contribution in [2.75, 3.05) is 38.5 Å². The predicted molar refractivity (Wildman–Crippen MR) is 110 cm³/mol. The Bertz CT molecular complexity index is 585. The van der Waals surface area contributed by atoms with E-state index in [0.717, 1.165) is 32.6 Å². The van der Waals surface area contributed by atoms with Gasteiger partial charge in [0.1, 0.15) is 0 Å². The van der Waals surface area contributed by atoms with Crippen LogP contribution in [0.25, 0.3) is 0 Å². The van der Waals surface area contributed by atoms with Gasteiger partial charge in [0, 0.05) is 37.4 Å². The quantitative estimate of drug-likeness (QED) is 0.789. The van der Waals surface area contributed by atoms with E-state index in [1.165, 1.54) is 0 Å². The Morgan fingerprint density at radius 1 is 1.12 bits per heavy atom. The molecule has 1 aliphatic heterocycles. The number of nitrogens with one attached hydrogen (secondary N) is 1. The van der Waals surface area contributed by atoms with Crippen molar-refractivity contribution in [1.82, 2.24) is 9.80 Å². The molecule has 148 valence electrons. The number of benzene rings is 1. The Morgan fingerprint density at radius 3 is 2.15 bits per heavy atom. The lowest BCUT2D eigenvalue weighted by Crippen LogP contribution is -2.48. The molecule has 0 aliphatic carbocycles. The maximum atomic E-state index is 12.5. The Balaban J connectivity index is 0.00000312. The summed E-state index contributed by atoms with van der Waals surface area (Å²) in [4.78, 5) is 28.8. The molecule has 0 saturated carbocycles. The number of carbonyl (C=O) groups is 2. The minimum Gasteiger partial charge on any atom is -0.336 e. The molecule has 1 saturated heterocycles. The minimum absolute atomic E-state index is 0. The summed E-state index contributed by atoms with van der Waals surface area (Å²) in [7, 11) is 2.06. The summed E-state index contributed by atoms with van der Waals surface area (Å²) in [5.41, 5.74) is 6.44. The van der Waals surface area contributed by atoms with Crippen molar-refractivity contribution in [2.24, 2.45) is 5.73 Å². The van der Waals surface area contributed by atoms with Crippen LogP contribution in [0.5, 0.6) is 0 Å². The summed E-state index contributed by atoms with van der Waals surface area (Å²) >= 11 is 0. The topological polar surface area (TPSA) is 78.7 Å². The Hall–Kier alpha value is -1.34. The number of nitrogens with zero attached hydrogens (tertiary/aromatic N) is 2. The van der Waals surface area contributed by atoms with Gasteiger partial charge >= 0.3 is 0 Å². The first-order valence-electron chi connectivity index (χ1n) is 8.51. The molecule has 1 fully saturated rings. The van der Waals surface area contributed by atoms with E-state index in [9.17, 15) is 9.59 Å². The van der Waals surface area contributed by atoms with Crippen molar-refractivity contribution in [2.45, 2.75) is 32.2 Å². The molecule has 6 nitrogen and oxygen atoms in total. The van der Waals surface area contributed by atoms with E-state index in [0.29, 0.717) is 17.7 Å². The molecule has 3 N–H and O–H groups in total. The molecule has 8 heteroatoms. The predicted octanol–water partition coefficient (Wildman–Crippen LogP) is 2.37. The molecular formula is C18H30Cl2N4O2. The molecule has 1 atom stereocenters. The van der Waals surface area contributed by atoms with E-state index in [-0.39, 0.29) is 36.6 Å². The van der Waals surface area contributed by atoms with E-state index in [2.05, 4.69) is 17.3 Å². The lowest BCUT2D eigenvalue weighted by molar-refractivity contribution is -0.120. The number of piperazine rings is 1. The van der Waals surface area contributed by atoms with E-state index in [4.69, 9.17) is 5.73 Å². The van der Waals surface area contributed by atoms with Gasteiger partial charge in [-0.25, -0.2) is 0 Å². The summed E-state index contributed by atoms with van der Waals surface area (Å²) in [6, 6.07) is 7.01. The smallest absolute Gasteiger partial charge is 0.253 e. The molecule has 1 unspecified atom stereocenters. The minimum atomic E-state index is -0.886. The van der Waals surface area contributed by atoms with Crippen LogP contribution < -0.4 is 11.1 Å². The largest absolute Gasteiger partial charge is 0.336 e. The second-order valence-corrected chi connectivity index (χ2v) is 6.79. The first-order chi connectivity index (χ1) is 11.3. The van der Waals surface area contributed by atoms with Gasteiger partial charge in [0.2, 0.25) is 5.91 Å².